The van der Waals surface area contributed by atoms with E-state index in [1.54, 1.807) is 7.05 Å². The lowest BCUT2D eigenvalue weighted by molar-refractivity contribution is -0.135. The van der Waals surface area contributed by atoms with Crippen LogP contribution in [0.2, 0.25) is 0 Å². The molecule has 1 aliphatic heterocycles. The van der Waals surface area contributed by atoms with Crippen molar-refractivity contribution in [3.05, 3.63) is 23.9 Å². The van der Waals surface area contributed by atoms with Crippen molar-refractivity contribution in [3.8, 4) is 5.88 Å². The fourth-order valence-corrected chi connectivity index (χ4v) is 4.33. The minimum Gasteiger partial charge on any atom is -0.474 e. The molecule has 1 saturated carbocycles. The van der Waals surface area contributed by atoms with Crippen molar-refractivity contribution in [2.24, 2.45) is 16.8 Å². The summed E-state index contributed by atoms with van der Waals surface area (Å²) in [5.41, 5.74) is 1.12. The molecular weight excluding hydrogens is 390 g/mol. The number of nitrogens with zero attached hydrogens (tertiary/aromatic N) is 3. The molecule has 3 rings (SSSR count). The van der Waals surface area contributed by atoms with E-state index in [-0.39, 0.29) is 17.9 Å². The molecule has 7 heteroatoms. The maximum atomic E-state index is 12.2. The molecule has 0 radical (unpaired) electrons. The maximum absolute atomic E-state index is 12.2. The molecule has 1 aromatic heterocycles. The summed E-state index contributed by atoms with van der Waals surface area (Å²) in [5, 5.41) is 6.90. The summed E-state index contributed by atoms with van der Waals surface area (Å²) in [7, 11) is 1.79. The third-order valence-electron chi connectivity index (χ3n) is 6.37. The molecule has 31 heavy (non-hydrogen) atoms. The van der Waals surface area contributed by atoms with E-state index in [9.17, 15) is 4.79 Å². The number of hydrogen-bond acceptors (Lipinski definition) is 4. The van der Waals surface area contributed by atoms with Gasteiger partial charge in [-0.15, -0.1) is 0 Å². The van der Waals surface area contributed by atoms with Crippen LogP contribution in [0.25, 0.3) is 0 Å². The van der Waals surface area contributed by atoms with E-state index in [0.717, 1.165) is 56.2 Å². The molecule has 172 valence electrons. The van der Waals surface area contributed by atoms with Crippen molar-refractivity contribution in [2.45, 2.75) is 78.0 Å². The van der Waals surface area contributed by atoms with Crippen LogP contribution in [0.3, 0.4) is 0 Å². The SMILES string of the molecule is CN=C(NCc1ccnc(OC2CCC(C)CC2)c1)NC1CCN(C(=O)C(C)C)CC1. The highest BCUT2D eigenvalue weighted by atomic mass is 16.5. The first-order valence-corrected chi connectivity index (χ1v) is 11.8. The number of guanidine groups is 1. The normalized spacial score (nSPS) is 23.0. The predicted octanol–water partition coefficient (Wildman–Crippen LogP) is 3.35. The molecule has 1 amide bonds. The number of nitrogens with one attached hydrogen (secondary N) is 2. The summed E-state index contributed by atoms with van der Waals surface area (Å²) in [6, 6.07) is 4.35. The molecule has 0 atom stereocenters. The Hall–Kier alpha value is -2.31. The molecule has 2 N–H and O–H groups in total. The summed E-state index contributed by atoms with van der Waals surface area (Å²) >= 11 is 0. The third kappa shape index (κ3) is 7.11. The molecule has 0 spiro atoms. The van der Waals surface area contributed by atoms with Gasteiger partial charge in [0, 0.05) is 50.9 Å². The summed E-state index contributed by atoms with van der Waals surface area (Å²) in [6.45, 7) is 8.50. The molecule has 7 nitrogen and oxygen atoms in total. The number of rotatable bonds is 6. The van der Waals surface area contributed by atoms with E-state index >= 15 is 0 Å². The molecule has 2 aliphatic rings. The average molecular weight is 430 g/mol. The van der Waals surface area contributed by atoms with Crippen molar-refractivity contribution in [2.75, 3.05) is 20.1 Å². The predicted molar refractivity (Wildman–Crippen MR) is 124 cm³/mol. The first kappa shape index (κ1) is 23.4. The van der Waals surface area contributed by atoms with Gasteiger partial charge < -0.3 is 20.3 Å². The first-order chi connectivity index (χ1) is 14.9. The molecule has 2 fully saturated rings. The Morgan fingerprint density at radius 3 is 2.58 bits per heavy atom. The second-order valence-electron chi connectivity index (χ2n) is 9.33. The van der Waals surface area contributed by atoms with Crippen LogP contribution in [-0.2, 0) is 11.3 Å². The molecule has 1 aromatic rings. The van der Waals surface area contributed by atoms with Gasteiger partial charge in [0.1, 0.15) is 6.10 Å². The summed E-state index contributed by atoms with van der Waals surface area (Å²) in [5.74, 6) is 2.62. The quantitative estimate of drug-likeness (QED) is 0.536. The van der Waals surface area contributed by atoms with Crippen LogP contribution >= 0.6 is 0 Å². The van der Waals surface area contributed by atoms with Crippen molar-refractivity contribution in [3.63, 3.8) is 0 Å². The van der Waals surface area contributed by atoms with Gasteiger partial charge in [-0.25, -0.2) is 4.98 Å². The van der Waals surface area contributed by atoms with Gasteiger partial charge in [-0.2, -0.15) is 0 Å². The topological polar surface area (TPSA) is 78.9 Å². The number of likely N-dealkylation sites (tertiary alicyclic amines) is 1. The summed E-state index contributed by atoms with van der Waals surface area (Å²) in [4.78, 5) is 22.9. The maximum Gasteiger partial charge on any atom is 0.225 e. The van der Waals surface area contributed by atoms with Crippen LogP contribution in [0, 0.1) is 11.8 Å². The second-order valence-corrected chi connectivity index (χ2v) is 9.33. The largest absolute Gasteiger partial charge is 0.474 e. The van der Waals surface area contributed by atoms with Gasteiger partial charge in [0.2, 0.25) is 11.8 Å². The number of pyridine rings is 1. The number of hydrogen-bond donors (Lipinski definition) is 2. The van der Waals surface area contributed by atoms with Crippen LogP contribution < -0.4 is 15.4 Å². The van der Waals surface area contributed by atoms with Gasteiger partial charge in [0.15, 0.2) is 5.96 Å². The number of ether oxygens (including phenoxy) is 1. The summed E-state index contributed by atoms with van der Waals surface area (Å²) in [6.07, 6.45) is 8.67. The lowest BCUT2D eigenvalue weighted by Gasteiger charge is -2.34. The number of aromatic nitrogens is 1. The van der Waals surface area contributed by atoms with Gasteiger partial charge in [-0.05, 0) is 56.1 Å². The Balaban J connectivity index is 1.44. The van der Waals surface area contributed by atoms with Gasteiger partial charge in [0.05, 0.1) is 0 Å². The Bertz CT molecular complexity index is 735. The van der Waals surface area contributed by atoms with Crippen molar-refractivity contribution in [1.29, 1.82) is 0 Å². The fraction of sp³-hybridized carbons (Fsp3) is 0.708. The van der Waals surface area contributed by atoms with Gasteiger partial charge in [0.25, 0.3) is 0 Å². The summed E-state index contributed by atoms with van der Waals surface area (Å²) < 4.78 is 6.13. The molecule has 0 unspecified atom stereocenters. The van der Waals surface area contributed by atoms with E-state index in [2.05, 4.69) is 27.5 Å². The van der Waals surface area contributed by atoms with Crippen LogP contribution in [0.1, 0.15) is 64.9 Å². The van der Waals surface area contributed by atoms with Crippen molar-refractivity contribution >= 4 is 11.9 Å². The van der Waals surface area contributed by atoms with E-state index in [1.165, 1.54) is 12.8 Å². The number of aliphatic imine (C=N–C) groups is 1. The zero-order chi connectivity index (χ0) is 22.2. The molecule has 0 bridgehead atoms. The van der Waals surface area contributed by atoms with E-state index in [0.29, 0.717) is 18.5 Å². The monoisotopic (exact) mass is 429 g/mol. The highest BCUT2D eigenvalue weighted by molar-refractivity contribution is 5.80. The van der Waals surface area contributed by atoms with Crippen molar-refractivity contribution in [1.82, 2.24) is 20.5 Å². The number of carbonyl (C=O) groups is 1. The van der Waals surface area contributed by atoms with Crippen LogP contribution in [-0.4, -0.2) is 54.0 Å². The Labute approximate surface area is 187 Å². The third-order valence-corrected chi connectivity index (χ3v) is 6.37. The van der Waals surface area contributed by atoms with Crippen LogP contribution in [0.15, 0.2) is 23.3 Å². The van der Waals surface area contributed by atoms with Gasteiger partial charge >= 0.3 is 0 Å². The smallest absolute Gasteiger partial charge is 0.225 e. The van der Waals surface area contributed by atoms with Crippen LogP contribution in [0.4, 0.5) is 0 Å². The minimum absolute atomic E-state index is 0.0647. The highest BCUT2D eigenvalue weighted by Crippen LogP contribution is 2.26. The first-order valence-electron chi connectivity index (χ1n) is 11.8. The number of carbonyl (C=O) groups excluding carboxylic acids is 1. The van der Waals surface area contributed by atoms with Gasteiger partial charge in [-0.1, -0.05) is 20.8 Å². The number of amides is 1. The Morgan fingerprint density at radius 2 is 1.94 bits per heavy atom. The Kier molecular flexibility index (Phi) is 8.55. The van der Waals surface area contributed by atoms with E-state index < -0.39 is 0 Å². The van der Waals surface area contributed by atoms with E-state index in [4.69, 9.17) is 4.74 Å². The zero-order valence-electron chi connectivity index (χ0n) is 19.6. The molecule has 2 heterocycles. The van der Waals surface area contributed by atoms with Gasteiger partial charge in [-0.3, -0.25) is 9.79 Å². The average Bonchev–Trinajstić information content (AvgIpc) is 2.78. The molecule has 0 aromatic carbocycles. The lowest BCUT2D eigenvalue weighted by Crippen LogP contribution is -2.50. The highest BCUT2D eigenvalue weighted by Gasteiger charge is 2.24. The fourth-order valence-electron chi connectivity index (χ4n) is 4.33. The standard InChI is InChI=1S/C24H39N5O2/c1-17(2)23(30)29-13-10-20(11-14-29)28-24(25-4)27-16-19-9-12-26-22(15-19)31-21-7-5-18(3)6-8-21/h9,12,15,17-18,20-21H,5-8,10-11,13-14,16H2,1-4H3,(H2,25,27,28). The Morgan fingerprint density at radius 1 is 1.23 bits per heavy atom. The second kappa shape index (κ2) is 11.3. The number of piperidine rings is 1. The molecule has 1 saturated heterocycles. The zero-order valence-corrected chi connectivity index (χ0v) is 19.6. The van der Waals surface area contributed by atoms with Crippen LogP contribution in [0.5, 0.6) is 5.88 Å². The lowest BCUT2D eigenvalue weighted by atomic mass is 9.89. The molecular formula is C24H39N5O2. The van der Waals surface area contributed by atoms with E-state index in [1.807, 2.05) is 37.1 Å². The minimum atomic E-state index is 0.0647. The van der Waals surface area contributed by atoms with Crippen molar-refractivity contribution < 1.29 is 9.53 Å². The molecule has 1 aliphatic carbocycles.